The molecule has 0 bridgehead atoms. The lowest BCUT2D eigenvalue weighted by Gasteiger charge is -2.26. The third kappa shape index (κ3) is 3.22. The van der Waals surface area contributed by atoms with Crippen LogP contribution in [0, 0.1) is 11.3 Å². The van der Waals surface area contributed by atoms with Gasteiger partial charge in [-0.1, -0.05) is 27.7 Å². The van der Waals surface area contributed by atoms with Crippen molar-refractivity contribution in [3.63, 3.8) is 0 Å². The van der Waals surface area contributed by atoms with Crippen LogP contribution in [0.4, 0.5) is 0 Å². The molecule has 1 fully saturated rings. The molecule has 16 heavy (non-hydrogen) atoms. The van der Waals surface area contributed by atoms with Crippen molar-refractivity contribution in [1.29, 1.82) is 0 Å². The molecule has 1 saturated heterocycles. The van der Waals surface area contributed by atoms with Gasteiger partial charge in [-0.05, 0) is 17.8 Å². The van der Waals surface area contributed by atoms with E-state index in [1.807, 2.05) is 27.7 Å². The van der Waals surface area contributed by atoms with E-state index in [0.29, 0.717) is 25.3 Å². The zero-order valence-corrected chi connectivity index (χ0v) is 10.6. The van der Waals surface area contributed by atoms with Crippen molar-refractivity contribution in [3.8, 4) is 0 Å². The largest absolute Gasteiger partial charge is 0.368 e. The topological polar surface area (TPSA) is 63.4 Å². The molecule has 92 valence electrons. The van der Waals surface area contributed by atoms with Crippen molar-refractivity contribution in [3.05, 3.63) is 0 Å². The Morgan fingerprint density at radius 3 is 2.38 bits per heavy atom. The second-order valence-electron chi connectivity index (χ2n) is 6.04. The van der Waals surface area contributed by atoms with Crippen LogP contribution in [0.25, 0.3) is 0 Å². The van der Waals surface area contributed by atoms with Crippen LogP contribution in [0.2, 0.25) is 0 Å². The third-order valence-corrected chi connectivity index (χ3v) is 2.84. The molecule has 0 saturated carbocycles. The highest BCUT2D eigenvalue weighted by Gasteiger charge is 2.37. The number of rotatable bonds is 2. The molecule has 4 nitrogen and oxygen atoms in total. The number of amides is 2. The van der Waals surface area contributed by atoms with Crippen LogP contribution < -0.4 is 5.73 Å². The molecule has 1 aliphatic rings. The summed E-state index contributed by atoms with van der Waals surface area (Å²) in [5.41, 5.74) is 5.27. The van der Waals surface area contributed by atoms with E-state index in [-0.39, 0.29) is 17.2 Å². The molecule has 1 rings (SSSR count). The van der Waals surface area contributed by atoms with Crippen molar-refractivity contribution in [2.45, 2.75) is 46.6 Å². The van der Waals surface area contributed by atoms with Gasteiger partial charge < -0.3 is 10.6 Å². The van der Waals surface area contributed by atoms with Gasteiger partial charge in [0.1, 0.15) is 6.04 Å². The minimum Gasteiger partial charge on any atom is -0.368 e. The number of nitrogens with two attached hydrogens (primary N) is 1. The van der Waals surface area contributed by atoms with Crippen LogP contribution >= 0.6 is 0 Å². The third-order valence-electron chi connectivity index (χ3n) is 2.84. The van der Waals surface area contributed by atoms with Crippen LogP contribution in [0.15, 0.2) is 0 Å². The van der Waals surface area contributed by atoms with Gasteiger partial charge in [0, 0.05) is 13.0 Å². The molecule has 0 aliphatic carbocycles. The van der Waals surface area contributed by atoms with Crippen molar-refractivity contribution in [2.24, 2.45) is 17.1 Å². The molecule has 2 atom stereocenters. The first-order valence-corrected chi connectivity index (χ1v) is 5.79. The maximum Gasteiger partial charge on any atom is 0.240 e. The molecule has 1 aliphatic heterocycles. The van der Waals surface area contributed by atoms with E-state index in [1.54, 1.807) is 4.90 Å². The Morgan fingerprint density at radius 2 is 1.94 bits per heavy atom. The van der Waals surface area contributed by atoms with Gasteiger partial charge in [0.15, 0.2) is 0 Å². The minimum absolute atomic E-state index is 0.0423. The predicted molar refractivity (Wildman–Crippen MR) is 62.5 cm³/mol. The van der Waals surface area contributed by atoms with E-state index >= 15 is 0 Å². The Bertz CT molecular complexity index is 294. The van der Waals surface area contributed by atoms with Gasteiger partial charge in [-0.25, -0.2) is 0 Å². The van der Waals surface area contributed by atoms with Crippen molar-refractivity contribution < 1.29 is 9.59 Å². The van der Waals surface area contributed by atoms with Gasteiger partial charge in [-0.2, -0.15) is 0 Å². The lowest BCUT2D eigenvalue weighted by Crippen LogP contribution is -2.44. The summed E-state index contributed by atoms with van der Waals surface area (Å²) in [6.07, 6.45) is 1.16. The van der Waals surface area contributed by atoms with Gasteiger partial charge in [0.25, 0.3) is 0 Å². The second kappa shape index (κ2) is 4.44. The predicted octanol–water partition coefficient (Wildman–Crippen LogP) is 1.14. The van der Waals surface area contributed by atoms with Gasteiger partial charge in [-0.3, -0.25) is 9.59 Å². The fourth-order valence-corrected chi connectivity index (χ4v) is 2.15. The van der Waals surface area contributed by atoms with Gasteiger partial charge in [0.05, 0.1) is 0 Å². The van der Waals surface area contributed by atoms with E-state index in [0.717, 1.165) is 0 Å². The highest BCUT2D eigenvalue weighted by atomic mass is 16.2. The molecular weight excluding hydrogens is 204 g/mol. The van der Waals surface area contributed by atoms with Crippen LogP contribution in [0.1, 0.15) is 40.5 Å². The van der Waals surface area contributed by atoms with E-state index in [9.17, 15) is 9.59 Å². The Labute approximate surface area is 97.2 Å². The molecule has 0 radical (unpaired) electrons. The maximum atomic E-state index is 12.0. The van der Waals surface area contributed by atoms with E-state index in [4.69, 9.17) is 5.73 Å². The summed E-state index contributed by atoms with van der Waals surface area (Å²) in [6.45, 7) is 8.75. The lowest BCUT2D eigenvalue weighted by atomic mass is 9.91. The van der Waals surface area contributed by atoms with E-state index in [1.165, 1.54) is 0 Å². The molecule has 0 aromatic heterocycles. The Hall–Kier alpha value is -1.06. The Balaban J connectivity index is 2.71. The summed E-state index contributed by atoms with van der Waals surface area (Å²) >= 11 is 0. The summed E-state index contributed by atoms with van der Waals surface area (Å²) < 4.78 is 0. The zero-order chi connectivity index (χ0) is 12.5. The molecule has 2 amide bonds. The molecule has 0 aromatic rings. The average molecular weight is 226 g/mol. The summed E-state index contributed by atoms with van der Waals surface area (Å²) in [7, 11) is 0. The normalized spacial score (nSPS) is 25.9. The van der Waals surface area contributed by atoms with Crippen LogP contribution in [-0.4, -0.2) is 29.3 Å². The Morgan fingerprint density at radius 1 is 1.38 bits per heavy atom. The van der Waals surface area contributed by atoms with Crippen LogP contribution in [-0.2, 0) is 9.59 Å². The highest BCUT2D eigenvalue weighted by Crippen LogP contribution is 2.27. The molecule has 1 heterocycles. The first kappa shape index (κ1) is 13.0. The first-order chi connectivity index (χ1) is 7.20. The fourth-order valence-electron chi connectivity index (χ4n) is 2.15. The highest BCUT2D eigenvalue weighted by molar-refractivity contribution is 5.87. The molecule has 2 N–H and O–H groups in total. The smallest absolute Gasteiger partial charge is 0.240 e. The van der Waals surface area contributed by atoms with E-state index in [2.05, 4.69) is 0 Å². The number of hydrogen-bond donors (Lipinski definition) is 1. The summed E-state index contributed by atoms with van der Waals surface area (Å²) in [5.74, 6) is 0.0219. The minimum atomic E-state index is -0.398. The lowest BCUT2D eigenvalue weighted by molar-refractivity contribution is -0.138. The summed E-state index contributed by atoms with van der Waals surface area (Å²) in [6, 6.07) is -0.398. The monoisotopic (exact) mass is 226 g/mol. The van der Waals surface area contributed by atoms with E-state index < -0.39 is 6.04 Å². The summed E-state index contributed by atoms with van der Waals surface area (Å²) in [4.78, 5) is 24.9. The first-order valence-electron chi connectivity index (χ1n) is 5.79. The fraction of sp³-hybridized carbons (Fsp3) is 0.833. The molecule has 4 heteroatoms. The van der Waals surface area contributed by atoms with Gasteiger partial charge in [0.2, 0.25) is 11.8 Å². The number of likely N-dealkylation sites (tertiary alicyclic amines) is 1. The number of carbonyl (C=O) groups is 2. The zero-order valence-electron chi connectivity index (χ0n) is 10.6. The molecule has 0 aromatic carbocycles. The SMILES string of the molecule is CC1CC(C(N)=O)N(C(=O)CC(C)(C)C)C1. The number of primary amides is 1. The average Bonchev–Trinajstić information content (AvgIpc) is 2.44. The van der Waals surface area contributed by atoms with Gasteiger partial charge >= 0.3 is 0 Å². The number of carbonyl (C=O) groups excluding carboxylic acids is 2. The quantitative estimate of drug-likeness (QED) is 0.767. The number of nitrogens with zero attached hydrogens (tertiary/aromatic N) is 1. The summed E-state index contributed by atoms with van der Waals surface area (Å²) in [5, 5.41) is 0. The number of hydrogen-bond acceptors (Lipinski definition) is 2. The maximum absolute atomic E-state index is 12.0. The molecular formula is C12H22N2O2. The second-order valence-corrected chi connectivity index (χ2v) is 6.04. The van der Waals surface area contributed by atoms with Crippen molar-refractivity contribution in [2.75, 3.05) is 6.54 Å². The van der Waals surface area contributed by atoms with Crippen LogP contribution in [0.5, 0.6) is 0 Å². The standard InChI is InChI=1S/C12H22N2O2/c1-8-5-9(11(13)16)14(7-8)10(15)6-12(2,3)4/h8-9H,5-7H2,1-4H3,(H2,13,16). The van der Waals surface area contributed by atoms with Crippen molar-refractivity contribution in [1.82, 2.24) is 4.90 Å². The Kier molecular flexibility index (Phi) is 3.61. The van der Waals surface area contributed by atoms with Crippen molar-refractivity contribution >= 4 is 11.8 Å². The molecule has 0 spiro atoms. The van der Waals surface area contributed by atoms with Gasteiger partial charge in [-0.15, -0.1) is 0 Å². The molecule has 2 unspecified atom stereocenters. The van der Waals surface area contributed by atoms with Crippen LogP contribution in [0.3, 0.4) is 0 Å².